The minimum Gasteiger partial charge on any atom is -0.466 e. The summed E-state index contributed by atoms with van der Waals surface area (Å²) in [5.74, 6) is -0.114. The Bertz CT molecular complexity index is 560. The first-order valence-corrected chi connectivity index (χ1v) is 9.02. The highest BCUT2D eigenvalue weighted by atomic mass is 16.5. The number of rotatable bonds is 12. The Morgan fingerprint density at radius 2 is 1.56 bits per heavy atom. The molecule has 5 heteroatoms. The number of nitrogens with zero attached hydrogens (tertiary/aromatic N) is 1. The molecule has 1 rings (SSSR count). The van der Waals surface area contributed by atoms with E-state index in [0.717, 1.165) is 12.8 Å². The van der Waals surface area contributed by atoms with Crippen LogP contribution in [0.1, 0.15) is 70.3 Å². The van der Waals surface area contributed by atoms with E-state index >= 15 is 0 Å². The van der Waals surface area contributed by atoms with Gasteiger partial charge in [-0.05, 0) is 43.5 Å². The fourth-order valence-electron chi connectivity index (χ4n) is 2.28. The molecule has 0 bridgehead atoms. The molecule has 25 heavy (non-hydrogen) atoms. The van der Waals surface area contributed by atoms with E-state index in [2.05, 4.69) is 6.92 Å². The number of hydrogen-bond acceptors (Lipinski definition) is 5. The molecule has 0 N–H and O–H groups in total. The zero-order valence-corrected chi connectivity index (χ0v) is 15.0. The Hall–Kier alpha value is -2.35. The lowest BCUT2D eigenvalue weighted by atomic mass is 10.2. The summed E-state index contributed by atoms with van der Waals surface area (Å²) in [7, 11) is 0. The van der Waals surface area contributed by atoms with Crippen molar-refractivity contribution in [2.45, 2.75) is 64.7 Å². The summed E-state index contributed by atoms with van der Waals surface area (Å²) in [6.07, 6.45) is 7.42. The maximum Gasteiger partial charge on any atom is 0.311 e. The summed E-state index contributed by atoms with van der Waals surface area (Å²) in [5.41, 5.74) is 0.517. The smallest absolute Gasteiger partial charge is 0.311 e. The molecular formula is C20H27NO4. The average molecular weight is 345 g/mol. The Labute approximate surface area is 149 Å². The van der Waals surface area contributed by atoms with Crippen molar-refractivity contribution in [2.75, 3.05) is 6.61 Å². The van der Waals surface area contributed by atoms with E-state index in [4.69, 9.17) is 14.7 Å². The molecule has 5 nitrogen and oxygen atoms in total. The van der Waals surface area contributed by atoms with Crippen molar-refractivity contribution < 1.29 is 19.1 Å². The maximum atomic E-state index is 11.7. The lowest BCUT2D eigenvalue weighted by Gasteiger charge is -2.05. The Balaban J connectivity index is 2.05. The van der Waals surface area contributed by atoms with Crippen LogP contribution in [0.3, 0.4) is 0 Å². The molecule has 0 spiro atoms. The number of carbonyl (C=O) groups is 2. The third kappa shape index (κ3) is 10.2. The molecule has 0 atom stereocenters. The second-order valence-corrected chi connectivity index (χ2v) is 5.95. The van der Waals surface area contributed by atoms with Crippen molar-refractivity contribution in [3.63, 3.8) is 0 Å². The van der Waals surface area contributed by atoms with E-state index in [1.54, 1.807) is 24.3 Å². The lowest BCUT2D eigenvalue weighted by molar-refractivity contribution is -0.144. The number of benzene rings is 1. The molecule has 0 aromatic heterocycles. The normalized spacial score (nSPS) is 10.1. The van der Waals surface area contributed by atoms with Crippen LogP contribution in [0.4, 0.5) is 0 Å². The van der Waals surface area contributed by atoms with Gasteiger partial charge in [0.25, 0.3) is 0 Å². The third-order valence-electron chi connectivity index (χ3n) is 3.74. The second kappa shape index (κ2) is 13.0. The van der Waals surface area contributed by atoms with Crippen molar-refractivity contribution in [1.29, 1.82) is 5.26 Å². The van der Waals surface area contributed by atoms with Gasteiger partial charge in [-0.2, -0.15) is 5.26 Å². The van der Waals surface area contributed by atoms with Gasteiger partial charge in [0.15, 0.2) is 0 Å². The lowest BCUT2D eigenvalue weighted by Crippen LogP contribution is -2.09. The van der Waals surface area contributed by atoms with E-state index < -0.39 is 0 Å². The van der Waals surface area contributed by atoms with Crippen LogP contribution in [0.25, 0.3) is 0 Å². The number of carbonyl (C=O) groups excluding carboxylic acids is 2. The molecule has 0 saturated carbocycles. The first-order chi connectivity index (χ1) is 12.2. The van der Waals surface area contributed by atoms with Crippen LogP contribution in [0, 0.1) is 11.3 Å². The molecule has 0 radical (unpaired) electrons. The van der Waals surface area contributed by atoms with E-state index in [1.165, 1.54) is 19.3 Å². The van der Waals surface area contributed by atoms with Gasteiger partial charge < -0.3 is 9.47 Å². The molecule has 0 aliphatic rings. The van der Waals surface area contributed by atoms with Crippen LogP contribution in [0.2, 0.25) is 0 Å². The summed E-state index contributed by atoms with van der Waals surface area (Å²) in [4.78, 5) is 23.3. The zero-order chi connectivity index (χ0) is 18.3. The number of unbranched alkanes of at least 4 members (excludes halogenated alkanes) is 5. The van der Waals surface area contributed by atoms with E-state index in [0.29, 0.717) is 37.2 Å². The number of esters is 2. The Morgan fingerprint density at radius 3 is 2.20 bits per heavy atom. The van der Waals surface area contributed by atoms with Gasteiger partial charge in [-0.1, -0.05) is 32.6 Å². The molecule has 1 aromatic rings. The molecule has 0 fully saturated rings. The summed E-state index contributed by atoms with van der Waals surface area (Å²) in [6.45, 7) is 2.66. The van der Waals surface area contributed by atoms with Crippen molar-refractivity contribution in [3.8, 4) is 11.8 Å². The van der Waals surface area contributed by atoms with E-state index in [9.17, 15) is 9.59 Å². The quantitative estimate of drug-likeness (QED) is 0.316. The van der Waals surface area contributed by atoms with Crippen LogP contribution >= 0.6 is 0 Å². The van der Waals surface area contributed by atoms with Gasteiger partial charge in [0, 0.05) is 12.8 Å². The summed E-state index contributed by atoms with van der Waals surface area (Å²) < 4.78 is 10.3. The molecule has 136 valence electrons. The number of ether oxygens (including phenoxy) is 2. The molecule has 0 aliphatic carbocycles. The molecule has 0 unspecified atom stereocenters. The van der Waals surface area contributed by atoms with Crippen LogP contribution in [-0.4, -0.2) is 18.5 Å². The monoisotopic (exact) mass is 345 g/mol. The van der Waals surface area contributed by atoms with E-state index in [-0.39, 0.29) is 18.4 Å². The molecule has 0 heterocycles. The zero-order valence-electron chi connectivity index (χ0n) is 15.0. The minimum absolute atomic E-state index is 0.198. The van der Waals surface area contributed by atoms with Crippen molar-refractivity contribution >= 4 is 11.9 Å². The van der Waals surface area contributed by atoms with Crippen molar-refractivity contribution in [3.05, 3.63) is 29.8 Å². The molecule has 1 aromatic carbocycles. The number of nitriles is 1. The van der Waals surface area contributed by atoms with Gasteiger partial charge in [0.2, 0.25) is 0 Å². The highest BCUT2D eigenvalue weighted by Gasteiger charge is 2.07. The van der Waals surface area contributed by atoms with Gasteiger partial charge >= 0.3 is 11.9 Å². The largest absolute Gasteiger partial charge is 0.466 e. The first-order valence-electron chi connectivity index (χ1n) is 9.02. The topological polar surface area (TPSA) is 76.4 Å². The summed E-state index contributed by atoms with van der Waals surface area (Å²) in [5, 5.41) is 8.71. The minimum atomic E-state index is -0.339. The van der Waals surface area contributed by atoms with Gasteiger partial charge in [-0.3, -0.25) is 9.59 Å². The van der Waals surface area contributed by atoms with Gasteiger partial charge in [0.1, 0.15) is 5.75 Å². The molecule has 0 amide bonds. The summed E-state index contributed by atoms with van der Waals surface area (Å²) in [6, 6.07) is 8.38. The van der Waals surface area contributed by atoms with Gasteiger partial charge in [-0.15, -0.1) is 0 Å². The highest BCUT2D eigenvalue weighted by molar-refractivity contribution is 5.72. The van der Waals surface area contributed by atoms with Crippen LogP contribution in [0.15, 0.2) is 24.3 Å². The number of hydrogen-bond donors (Lipinski definition) is 0. The fraction of sp³-hybridized carbons (Fsp3) is 0.550. The standard InChI is InChI=1S/C20H27NO4/c1-2-3-4-5-8-15-24-19(22)9-6-7-10-20(23)25-18-13-11-17(16-21)12-14-18/h11-14H,2-10,15H2,1H3. The SMILES string of the molecule is CCCCCCCOC(=O)CCCCC(=O)Oc1ccc(C#N)cc1. The van der Waals surface area contributed by atoms with Gasteiger partial charge in [-0.25, -0.2) is 0 Å². The van der Waals surface area contributed by atoms with Crippen molar-refractivity contribution in [2.24, 2.45) is 0 Å². The third-order valence-corrected chi connectivity index (χ3v) is 3.74. The molecule has 0 saturated heterocycles. The fourth-order valence-corrected chi connectivity index (χ4v) is 2.28. The average Bonchev–Trinajstić information content (AvgIpc) is 2.62. The predicted octanol–water partition coefficient (Wildman–Crippen LogP) is 4.54. The first kappa shape index (κ1) is 20.7. The highest BCUT2D eigenvalue weighted by Crippen LogP contribution is 2.13. The van der Waals surface area contributed by atoms with E-state index in [1.807, 2.05) is 6.07 Å². The van der Waals surface area contributed by atoms with Crippen LogP contribution in [-0.2, 0) is 14.3 Å². The maximum absolute atomic E-state index is 11.7. The van der Waals surface area contributed by atoms with Crippen LogP contribution < -0.4 is 4.74 Å². The second-order valence-electron chi connectivity index (χ2n) is 5.95. The molecular weight excluding hydrogens is 318 g/mol. The van der Waals surface area contributed by atoms with Crippen molar-refractivity contribution in [1.82, 2.24) is 0 Å². The summed E-state index contributed by atoms with van der Waals surface area (Å²) >= 11 is 0. The Morgan fingerprint density at radius 1 is 0.920 bits per heavy atom. The Kier molecular flexibility index (Phi) is 10.8. The van der Waals surface area contributed by atoms with Gasteiger partial charge in [0.05, 0.1) is 18.2 Å². The predicted molar refractivity (Wildman–Crippen MR) is 95.0 cm³/mol. The molecule has 0 aliphatic heterocycles. The van der Waals surface area contributed by atoms with Crippen LogP contribution in [0.5, 0.6) is 5.75 Å².